The Morgan fingerprint density at radius 1 is 1.41 bits per heavy atom. The highest BCUT2D eigenvalue weighted by Gasteiger charge is 2.07. The lowest BCUT2D eigenvalue weighted by Crippen LogP contribution is -2.38. The van der Waals surface area contributed by atoms with E-state index in [1.165, 1.54) is 12.1 Å². The molecule has 120 valence electrons. The second kappa shape index (κ2) is 8.72. The zero-order valence-electron chi connectivity index (χ0n) is 13.0. The van der Waals surface area contributed by atoms with E-state index in [-0.39, 0.29) is 29.8 Å². The van der Waals surface area contributed by atoms with Gasteiger partial charge in [-0.25, -0.2) is 4.39 Å². The predicted molar refractivity (Wildman–Crippen MR) is 96.7 cm³/mol. The fourth-order valence-electron chi connectivity index (χ4n) is 2.11. The molecule has 0 radical (unpaired) electrons. The van der Waals surface area contributed by atoms with Crippen LogP contribution in [0.25, 0.3) is 0 Å². The third-order valence-electron chi connectivity index (χ3n) is 3.09. The van der Waals surface area contributed by atoms with Crippen molar-refractivity contribution in [2.24, 2.45) is 12.0 Å². The van der Waals surface area contributed by atoms with E-state index in [0.29, 0.717) is 13.1 Å². The van der Waals surface area contributed by atoms with Crippen LogP contribution < -0.4 is 5.32 Å². The summed E-state index contributed by atoms with van der Waals surface area (Å²) in [7, 11) is 5.53. The van der Waals surface area contributed by atoms with E-state index < -0.39 is 0 Å². The minimum atomic E-state index is -0.223. The van der Waals surface area contributed by atoms with Crippen molar-refractivity contribution in [1.29, 1.82) is 0 Å². The largest absolute Gasteiger partial charge is 0.352 e. The van der Waals surface area contributed by atoms with Crippen molar-refractivity contribution in [3.8, 4) is 0 Å². The van der Waals surface area contributed by atoms with Gasteiger partial charge in [-0.1, -0.05) is 12.1 Å². The Bertz CT molecular complexity index is 626. The number of nitrogens with zero attached hydrogens (tertiary/aromatic N) is 4. The highest BCUT2D eigenvalue weighted by Crippen LogP contribution is 2.06. The van der Waals surface area contributed by atoms with Gasteiger partial charge in [0.05, 0.1) is 6.20 Å². The number of benzene rings is 1. The van der Waals surface area contributed by atoms with Gasteiger partial charge in [-0.3, -0.25) is 9.67 Å². The summed E-state index contributed by atoms with van der Waals surface area (Å²) in [5.74, 6) is 0.530. The maximum atomic E-state index is 13.2. The van der Waals surface area contributed by atoms with Crippen LogP contribution in [-0.2, 0) is 20.1 Å². The van der Waals surface area contributed by atoms with Crippen LogP contribution in [0.3, 0.4) is 0 Å². The van der Waals surface area contributed by atoms with Gasteiger partial charge in [0, 0.05) is 46.0 Å². The van der Waals surface area contributed by atoms with E-state index in [1.807, 2.05) is 37.5 Å². The Kier molecular flexibility index (Phi) is 7.30. The summed E-state index contributed by atoms with van der Waals surface area (Å²) in [5, 5.41) is 7.39. The normalized spacial score (nSPS) is 11.0. The topological polar surface area (TPSA) is 45.5 Å². The average molecular weight is 417 g/mol. The molecule has 0 aliphatic carbocycles. The van der Waals surface area contributed by atoms with Crippen LogP contribution in [0.15, 0.2) is 41.7 Å². The second-order valence-electron chi connectivity index (χ2n) is 4.91. The number of guanidine groups is 1. The first kappa shape index (κ1) is 18.4. The Morgan fingerprint density at radius 3 is 2.77 bits per heavy atom. The van der Waals surface area contributed by atoms with Gasteiger partial charge in [-0.15, -0.1) is 24.0 Å². The maximum Gasteiger partial charge on any atom is 0.193 e. The predicted octanol–water partition coefficient (Wildman–Crippen LogP) is 2.38. The smallest absolute Gasteiger partial charge is 0.193 e. The molecule has 2 rings (SSSR count). The molecule has 0 aliphatic heterocycles. The summed E-state index contributed by atoms with van der Waals surface area (Å²) in [4.78, 5) is 6.19. The molecule has 0 spiro atoms. The fourth-order valence-corrected chi connectivity index (χ4v) is 2.11. The number of rotatable bonds is 4. The zero-order chi connectivity index (χ0) is 15.2. The molecule has 1 aromatic carbocycles. The zero-order valence-corrected chi connectivity index (χ0v) is 15.3. The van der Waals surface area contributed by atoms with Gasteiger partial charge in [0.15, 0.2) is 5.96 Å². The molecule has 0 aliphatic rings. The van der Waals surface area contributed by atoms with Crippen LogP contribution in [0.4, 0.5) is 4.39 Å². The Morgan fingerprint density at radius 2 is 2.18 bits per heavy atom. The van der Waals surface area contributed by atoms with E-state index in [9.17, 15) is 4.39 Å². The Balaban J connectivity index is 0.00000242. The van der Waals surface area contributed by atoms with Crippen LogP contribution in [0, 0.1) is 5.82 Å². The lowest BCUT2D eigenvalue weighted by molar-refractivity contribution is 0.474. The van der Waals surface area contributed by atoms with E-state index in [2.05, 4.69) is 15.4 Å². The first-order chi connectivity index (χ1) is 10.1. The van der Waals surface area contributed by atoms with Crippen molar-refractivity contribution < 1.29 is 4.39 Å². The third kappa shape index (κ3) is 5.28. The highest BCUT2D eigenvalue weighted by atomic mass is 127. The van der Waals surface area contributed by atoms with Crippen molar-refractivity contribution in [2.75, 3.05) is 14.1 Å². The minimum absolute atomic E-state index is 0. The molecule has 22 heavy (non-hydrogen) atoms. The van der Waals surface area contributed by atoms with Gasteiger partial charge < -0.3 is 10.2 Å². The van der Waals surface area contributed by atoms with Gasteiger partial charge in [0.25, 0.3) is 0 Å². The summed E-state index contributed by atoms with van der Waals surface area (Å²) in [6, 6.07) is 6.59. The molecule has 7 heteroatoms. The van der Waals surface area contributed by atoms with Crippen LogP contribution in [0.2, 0.25) is 0 Å². The van der Waals surface area contributed by atoms with Crippen molar-refractivity contribution in [1.82, 2.24) is 20.0 Å². The standard InChI is InChI=1S/C15H20FN5.HI/c1-17-15(18-8-13-9-19-21(3)11-13)20(2)10-12-5-4-6-14(16)7-12;/h4-7,9,11H,8,10H2,1-3H3,(H,17,18);1H. The number of aryl methyl sites for hydroxylation is 1. The van der Waals surface area contributed by atoms with Crippen molar-refractivity contribution in [2.45, 2.75) is 13.1 Å². The van der Waals surface area contributed by atoms with Gasteiger partial charge in [-0.2, -0.15) is 5.10 Å². The molecular weight excluding hydrogens is 396 g/mol. The summed E-state index contributed by atoms with van der Waals surface area (Å²) in [6.07, 6.45) is 3.76. The Hall–Kier alpha value is -1.64. The van der Waals surface area contributed by atoms with Gasteiger partial charge in [0.2, 0.25) is 0 Å². The molecule has 1 aromatic heterocycles. The number of hydrogen-bond acceptors (Lipinski definition) is 2. The first-order valence-corrected chi connectivity index (χ1v) is 6.72. The van der Waals surface area contributed by atoms with Crippen LogP contribution >= 0.6 is 24.0 Å². The SMILES string of the molecule is CN=C(NCc1cnn(C)c1)N(C)Cc1cccc(F)c1.I. The number of halogens is 2. The molecule has 0 bridgehead atoms. The lowest BCUT2D eigenvalue weighted by atomic mass is 10.2. The monoisotopic (exact) mass is 417 g/mol. The van der Waals surface area contributed by atoms with E-state index >= 15 is 0 Å². The molecule has 5 nitrogen and oxygen atoms in total. The highest BCUT2D eigenvalue weighted by molar-refractivity contribution is 14.0. The van der Waals surface area contributed by atoms with Crippen molar-refractivity contribution in [3.63, 3.8) is 0 Å². The minimum Gasteiger partial charge on any atom is -0.352 e. The molecule has 1 N–H and O–H groups in total. The summed E-state index contributed by atoms with van der Waals surface area (Å²) >= 11 is 0. The van der Waals surface area contributed by atoms with Crippen LogP contribution in [0.1, 0.15) is 11.1 Å². The number of aliphatic imine (C=N–C) groups is 1. The molecule has 0 atom stereocenters. The molecular formula is C15H21FIN5. The van der Waals surface area contributed by atoms with Gasteiger partial charge in [-0.05, 0) is 17.7 Å². The summed E-state index contributed by atoms with van der Waals surface area (Å²) < 4.78 is 15.0. The number of nitrogens with one attached hydrogen (secondary N) is 1. The van der Waals surface area contributed by atoms with E-state index in [0.717, 1.165) is 17.1 Å². The number of aromatic nitrogens is 2. The van der Waals surface area contributed by atoms with Crippen molar-refractivity contribution >= 4 is 29.9 Å². The van der Waals surface area contributed by atoms with E-state index in [4.69, 9.17) is 0 Å². The van der Waals surface area contributed by atoms with Gasteiger partial charge in [0.1, 0.15) is 5.82 Å². The molecule has 0 saturated heterocycles. The molecule has 0 amide bonds. The Labute approximate surface area is 147 Å². The molecule has 1 heterocycles. The summed E-state index contributed by atoms with van der Waals surface area (Å²) in [6.45, 7) is 1.23. The van der Waals surface area contributed by atoms with E-state index in [1.54, 1.807) is 17.8 Å². The second-order valence-corrected chi connectivity index (χ2v) is 4.91. The molecule has 2 aromatic rings. The third-order valence-corrected chi connectivity index (χ3v) is 3.09. The maximum absolute atomic E-state index is 13.2. The summed E-state index contributed by atoms with van der Waals surface area (Å²) in [5.41, 5.74) is 1.99. The first-order valence-electron chi connectivity index (χ1n) is 6.72. The lowest BCUT2D eigenvalue weighted by Gasteiger charge is -2.22. The average Bonchev–Trinajstić information content (AvgIpc) is 2.85. The molecule has 0 saturated carbocycles. The van der Waals surface area contributed by atoms with Gasteiger partial charge >= 0.3 is 0 Å². The number of hydrogen-bond donors (Lipinski definition) is 1. The fraction of sp³-hybridized carbons (Fsp3) is 0.333. The molecule has 0 unspecified atom stereocenters. The van der Waals surface area contributed by atoms with Crippen molar-refractivity contribution in [3.05, 3.63) is 53.6 Å². The van der Waals surface area contributed by atoms with Crippen LogP contribution in [0.5, 0.6) is 0 Å². The quantitative estimate of drug-likeness (QED) is 0.472. The van der Waals surface area contributed by atoms with Crippen LogP contribution in [-0.4, -0.2) is 34.7 Å². The molecule has 0 fully saturated rings.